The molecule has 0 aromatic heterocycles. The Hall–Kier alpha value is -0.0800. The zero-order valence-electron chi connectivity index (χ0n) is 6.23. The van der Waals surface area contributed by atoms with Gasteiger partial charge in [0, 0.05) is 6.54 Å². The fourth-order valence-corrected chi connectivity index (χ4v) is 1.89. The van der Waals surface area contributed by atoms with E-state index in [0.717, 1.165) is 6.54 Å². The highest BCUT2D eigenvalue weighted by Gasteiger charge is 2.35. The molecule has 2 heteroatoms. The topological polar surface area (TPSA) is 21.3 Å². The van der Waals surface area contributed by atoms with Gasteiger partial charge in [-0.3, -0.25) is 5.32 Å². The molecule has 1 saturated carbocycles. The lowest BCUT2D eigenvalue weighted by Crippen LogP contribution is -2.42. The summed E-state index contributed by atoms with van der Waals surface area (Å²) in [7, 11) is 0. The van der Waals surface area contributed by atoms with Crippen molar-refractivity contribution in [2.75, 3.05) is 6.54 Å². The predicted octanol–water partition coefficient (Wildman–Crippen LogP) is 1.43. The Kier molecular flexibility index (Phi) is 1.66. The van der Waals surface area contributed by atoms with Crippen LogP contribution in [0.25, 0.3) is 0 Å². The lowest BCUT2D eigenvalue weighted by Gasteiger charge is -2.32. The number of hydrogen-bond acceptors (Lipinski definition) is 2. The Labute approximate surface area is 61.9 Å². The van der Waals surface area contributed by atoms with Crippen LogP contribution in [-0.2, 0) is 4.74 Å². The molecule has 0 aromatic carbocycles. The van der Waals surface area contributed by atoms with Crippen molar-refractivity contribution in [3.8, 4) is 0 Å². The molecule has 1 heterocycles. The summed E-state index contributed by atoms with van der Waals surface area (Å²) in [5.41, 5.74) is 0.0677. The smallest absolute Gasteiger partial charge is 0.119 e. The van der Waals surface area contributed by atoms with E-state index in [4.69, 9.17) is 4.74 Å². The van der Waals surface area contributed by atoms with Gasteiger partial charge in [-0.2, -0.15) is 0 Å². The summed E-state index contributed by atoms with van der Waals surface area (Å²) >= 11 is 0. The van der Waals surface area contributed by atoms with Gasteiger partial charge in [-0.05, 0) is 25.7 Å². The maximum atomic E-state index is 5.55. The van der Waals surface area contributed by atoms with E-state index in [0.29, 0.717) is 0 Å². The van der Waals surface area contributed by atoms with E-state index in [-0.39, 0.29) is 5.72 Å². The van der Waals surface area contributed by atoms with E-state index in [1.165, 1.54) is 32.1 Å². The van der Waals surface area contributed by atoms with Gasteiger partial charge in [-0.1, -0.05) is 6.42 Å². The summed E-state index contributed by atoms with van der Waals surface area (Å²) < 4.78 is 5.55. The summed E-state index contributed by atoms with van der Waals surface area (Å²) in [4.78, 5) is 0. The molecule has 1 aliphatic heterocycles. The highest BCUT2D eigenvalue weighted by atomic mass is 16.5. The standard InChI is InChI=1S/C8H14NO/c1-2-4-8(5-3-1)9-6-7-10-8/h7,9H,1-6H2. The maximum Gasteiger partial charge on any atom is 0.119 e. The molecule has 1 saturated heterocycles. The van der Waals surface area contributed by atoms with Crippen LogP contribution in [-0.4, -0.2) is 12.3 Å². The number of hydrogen-bond donors (Lipinski definition) is 1. The van der Waals surface area contributed by atoms with Crippen LogP contribution in [0, 0.1) is 6.61 Å². The number of nitrogens with one attached hydrogen (secondary N) is 1. The third kappa shape index (κ3) is 1.06. The number of ether oxygens (including phenoxy) is 1. The predicted molar refractivity (Wildman–Crippen MR) is 39.2 cm³/mol. The van der Waals surface area contributed by atoms with Crippen LogP contribution in [0.5, 0.6) is 0 Å². The normalized spacial score (nSPS) is 31.2. The molecule has 2 rings (SSSR count). The second kappa shape index (κ2) is 2.51. The van der Waals surface area contributed by atoms with Gasteiger partial charge in [-0.25, -0.2) is 0 Å². The van der Waals surface area contributed by atoms with Gasteiger partial charge in [0.25, 0.3) is 0 Å². The summed E-state index contributed by atoms with van der Waals surface area (Å²) in [5, 5.41) is 3.39. The Morgan fingerprint density at radius 1 is 1.20 bits per heavy atom. The van der Waals surface area contributed by atoms with Crippen LogP contribution in [0.1, 0.15) is 32.1 Å². The molecule has 1 N–H and O–H groups in total. The SMILES string of the molecule is [CH]1CNC2(CCCCC2)O1. The van der Waals surface area contributed by atoms with Gasteiger partial charge in [-0.15, -0.1) is 0 Å². The van der Waals surface area contributed by atoms with Gasteiger partial charge in [0.1, 0.15) is 5.72 Å². The van der Waals surface area contributed by atoms with Crippen molar-refractivity contribution in [3.05, 3.63) is 6.61 Å². The first-order chi connectivity index (χ1) is 4.91. The molecular weight excluding hydrogens is 126 g/mol. The van der Waals surface area contributed by atoms with Crippen LogP contribution in [0.3, 0.4) is 0 Å². The molecule has 0 amide bonds. The van der Waals surface area contributed by atoms with Crippen LogP contribution in [0.15, 0.2) is 0 Å². The lowest BCUT2D eigenvalue weighted by atomic mass is 9.92. The minimum absolute atomic E-state index is 0.0677. The van der Waals surface area contributed by atoms with Crippen molar-refractivity contribution in [2.45, 2.75) is 37.8 Å². The molecular formula is C8H14NO. The minimum Gasteiger partial charge on any atom is -0.353 e. The maximum absolute atomic E-state index is 5.55. The fourth-order valence-electron chi connectivity index (χ4n) is 1.89. The molecule has 57 valence electrons. The van der Waals surface area contributed by atoms with Crippen molar-refractivity contribution < 1.29 is 4.74 Å². The van der Waals surface area contributed by atoms with Crippen LogP contribution >= 0.6 is 0 Å². The molecule has 1 spiro atoms. The van der Waals surface area contributed by atoms with Gasteiger partial charge in [0.05, 0.1) is 6.61 Å². The molecule has 10 heavy (non-hydrogen) atoms. The Morgan fingerprint density at radius 2 is 2.00 bits per heavy atom. The molecule has 2 aliphatic rings. The molecule has 0 atom stereocenters. The molecule has 0 aromatic rings. The average molecular weight is 140 g/mol. The first-order valence-electron chi connectivity index (χ1n) is 4.16. The lowest BCUT2D eigenvalue weighted by molar-refractivity contribution is -0.0156. The molecule has 0 unspecified atom stereocenters. The molecule has 0 bridgehead atoms. The fraction of sp³-hybridized carbons (Fsp3) is 0.875. The first kappa shape index (κ1) is 6.62. The molecule has 1 aliphatic carbocycles. The van der Waals surface area contributed by atoms with Crippen molar-refractivity contribution in [1.29, 1.82) is 0 Å². The highest BCUT2D eigenvalue weighted by Crippen LogP contribution is 2.32. The highest BCUT2D eigenvalue weighted by molar-refractivity contribution is 4.89. The van der Waals surface area contributed by atoms with E-state index >= 15 is 0 Å². The number of rotatable bonds is 0. The van der Waals surface area contributed by atoms with Crippen molar-refractivity contribution in [3.63, 3.8) is 0 Å². The van der Waals surface area contributed by atoms with E-state index < -0.39 is 0 Å². The van der Waals surface area contributed by atoms with Crippen LogP contribution in [0.4, 0.5) is 0 Å². The van der Waals surface area contributed by atoms with E-state index in [2.05, 4.69) is 5.32 Å². The molecule has 2 nitrogen and oxygen atoms in total. The van der Waals surface area contributed by atoms with E-state index in [9.17, 15) is 0 Å². The monoisotopic (exact) mass is 140 g/mol. The Balaban J connectivity index is 1.98. The molecule has 1 radical (unpaired) electrons. The van der Waals surface area contributed by atoms with Gasteiger partial charge in [0.15, 0.2) is 0 Å². The van der Waals surface area contributed by atoms with Gasteiger partial charge in [0.2, 0.25) is 0 Å². The summed E-state index contributed by atoms with van der Waals surface area (Å²) in [5.74, 6) is 0. The van der Waals surface area contributed by atoms with Gasteiger partial charge >= 0.3 is 0 Å². The summed E-state index contributed by atoms with van der Waals surface area (Å²) in [6.45, 7) is 2.82. The van der Waals surface area contributed by atoms with Crippen LogP contribution in [0.2, 0.25) is 0 Å². The zero-order chi connectivity index (χ0) is 6.86. The van der Waals surface area contributed by atoms with Crippen molar-refractivity contribution >= 4 is 0 Å². The third-order valence-corrected chi connectivity index (χ3v) is 2.48. The Bertz CT molecular complexity index is 110. The van der Waals surface area contributed by atoms with Crippen LogP contribution < -0.4 is 5.32 Å². The first-order valence-corrected chi connectivity index (χ1v) is 4.16. The second-order valence-electron chi connectivity index (χ2n) is 3.22. The average Bonchev–Trinajstić information content (AvgIpc) is 2.39. The second-order valence-corrected chi connectivity index (χ2v) is 3.22. The van der Waals surface area contributed by atoms with E-state index in [1.54, 1.807) is 0 Å². The Morgan fingerprint density at radius 3 is 2.60 bits per heavy atom. The van der Waals surface area contributed by atoms with E-state index in [1.807, 2.05) is 6.61 Å². The largest absolute Gasteiger partial charge is 0.353 e. The summed E-state index contributed by atoms with van der Waals surface area (Å²) in [6, 6.07) is 0. The molecule has 2 fully saturated rings. The zero-order valence-corrected chi connectivity index (χ0v) is 6.23. The quantitative estimate of drug-likeness (QED) is 0.549. The summed E-state index contributed by atoms with van der Waals surface area (Å²) in [6.07, 6.45) is 6.42. The third-order valence-electron chi connectivity index (χ3n) is 2.48. The minimum atomic E-state index is 0.0677. The van der Waals surface area contributed by atoms with Crippen molar-refractivity contribution in [2.24, 2.45) is 0 Å². The van der Waals surface area contributed by atoms with Crippen molar-refractivity contribution in [1.82, 2.24) is 5.32 Å². The van der Waals surface area contributed by atoms with Gasteiger partial charge < -0.3 is 4.74 Å².